The van der Waals surface area contributed by atoms with Crippen molar-refractivity contribution < 1.29 is 14.3 Å². The van der Waals surface area contributed by atoms with Crippen molar-refractivity contribution in [3.05, 3.63) is 52.8 Å². The van der Waals surface area contributed by atoms with Crippen molar-refractivity contribution in [2.45, 2.75) is 0 Å². The average molecular weight is 281 g/mol. The molecule has 0 atom stereocenters. The standard InChI is InChI=1S/C13H10ClFN2O2/c14-7-3-1-2-4-9(7)17-10-6-5-8(15)12(16)11(10)13(18)19/h1-6,17H,16H2,(H,18,19). The van der Waals surface area contributed by atoms with Gasteiger partial charge in [0.05, 0.1) is 22.1 Å². The van der Waals surface area contributed by atoms with Gasteiger partial charge >= 0.3 is 5.97 Å². The summed E-state index contributed by atoms with van der Waals surface area (Å²) >= 11 is 5.96. The van der Waals surface area contributed by atoms with Crippen LogP contribution in [0.1, 0.15) is 10.4 Å². The number of carbonyl (C=O) groups is 1. The second kappa shape index (κ2) is 5.16. The first-order chi connectivity index (χ1) is 9.00. The quantitative estimate of drug-likeness (QED) is 0.752. The van der Waals surface area contributed by atoms with E-state index in [0.717, 1.165) is 6.07 Å². The van der Waals surface area contributed by atoms with Crippen molar-refractivity contribution >= 4 is 34.6 Å². The Labute approximate surface area is 113 Å². The Balaban J connectivity index is 2.49. The van der Waals surface area contributed by atoms with Crippen LogP contribution in [0.15, 0.2) is 36.4 Å². The summed E-state index contributed by atoms with van der Waals surface area (Å²) in [6.45, 7) is 0. The fourth-order valence-electron chi connectivity index (χ4n) is 1.64. The smallest absolute Gasteiger partial charge is 0.340 e. The molecule has 2 rings (SSSR count). The van der Waals surface area contributed by atoms with Gasteiger partial charge in [-0.05, 0) is 24.3 Å². The van der Waals surface area contributed by atoms with E-state index in [0.29, 0.717) is 10.7 Å². The molecule has 0 aliphatic rings. The Bertz CT molecular complexity index is 647. The minimum Gasteiger partial charge on any atom is -0.478 e. The van der Waals surface area contributed by atoms with E-state index in [9.17, 15) is 9.18 Å². The molecule has 0 amide bonds. The van der Waals surface area contributed by atoms with Crippen molar-refractivity contribution in [1.29, 1.82) is 0 Å². The van der Waals surface area contributed by atoms with Gasteiger partial charge in [0.15, 0.2) is 0 Å². The Hall–Kier alpha value is -2.27. The average Bonchev–Trinajstić information content (AvgIpc) is 2.36. The number of para-hydroxylation sites is 1. The Morgan fingerprint density at radius 3 is 2.53 bits per heavy atom. The molecule has 0 radical (unpaired) electrons. The highest BCUT2D eigenvalue weighted by molar-refractivity contribution is 6.33. The molecule has 0 saturated carbocycles. The molecule has 2 aromatic carbocycles. The zero-order chi connectivity index (χ0) is 14.0. The van der Waals surface area contributed by atoms with E-state index in [1.165, 1.54) is 6.07 Å². The maximum absolute atomic E-state index is 13.3. The predicted octanol–water partition coefficient (Wildman–Crippen LogP) is 3.50. The normalized spacial score (nSPS) is 10.2. The van der Waals surface area contributed by atoms with Crippen molar-refractivity contribution in [3.63, 3.8) is 0 Å². The maximum atomic E-state index is 13.3. The van der Waals surface area contributed by atoms with Crippen molar-refractivity contribution in [3.8, 4) is 0 Å². The summed E-state index contributed by atoms with van der Waals surface area (Å²) in [5.74, 6) is -2.09. The van der Waals surface area contributed by atoms with Crippen molar-refractivity contribution in [2.75, 3.05) is 11.1 Å². The molecule has 0 spiro atoms. The minimum atomic E-state index is -1.31. The van der Waals surface area contributed by atoms with Crippen LogP contribution in [0.4, 0.5) is 21.5 Å². The number of benzene rings is 2. The number of aromatic carboxylic acids is 1. The lowest BCUT2D eigenvalue weighted by Crippen LogP contribution is -2.08. The number of anilines is 3. The third-order valence-corrected chi connectivity index (χ3v) is 2.88. The largest absolute Gasteiger partial charge is 0.478 e. The van der Waals surface area contributed by atoms with Crippen LogP contribution < -0.4 is 11.1 Å². The van der Waals surface area contributed by atoms with E-state index < -0.39 is 17.5 Å². The molecule has 98 valence electrons. The molecule has 4 N–H and O–H groups in total. The summed E-state index contributed by atoms with van der Waals surface area (Å²) in [7, 11) is 0. The van der Waals surface area contributed by atoms with Gasteiger partial charge in [0, 0.05) is 0 Å². The summed E-state index contributed by atoms with van der Waals surface area (Å²) in [6.07, 6.45) is 0. The highest BCUT2D eigenvalue weighted by Gasteiger charge is 2.18. The van der Waals surface area contributed by atoms with Crippen LogP contribution in [0.2, 0.25) is 5.02 Å². The Morgan fingerprint density at radius 1 is 1.21 bits per heavy atom. The Kier molecular flexibility index (Phi) is 3.57. The molecular weight excluding hydrogens is 271 g/mol. The number of nitrogens with two attached hydrogens (primary N) is 1. The summed E-state index contributed by atoms with van der Waals surface area (Å²) in [5.41, 5.74) is 5.41. The molecule has 0 unspecified atom stereocenters. The zero-order valence-electron chi connectivity index (χ0n) is 9.65. The fourth-order valence-corrected chi connectivity index (χ4v) is 1.82. The SMILES string of the molecule is Nc1c(F)ccc(Nc2ccccc2Cl)c1C(=O)O. The van der Waals surface area contributed by atoms with Crippen molar-refractivity contribution in [2.24, 2.45) is 0 Å². The first-order valence-corrected chi connectivity index (χ1v) is 5.71. The molecule has 4 nitrogen and oxygen atoms in total. The molecular formula is C13H10ClFN2O2. The third kappa shape index (κ3) is 2.61. The van der Waals surface area contributed by atoms with Gasteiger partial charge in [-0.1, -0.05) is 23.7 Å². The lowest BCUT2D eigenvalue weighted by molar-refractivity contribution is 0.0698. The number of rotatable bonds is 3. The fraction of sp³-hybridized carbons (Fsp3) is 0. The summed E-state index contributed by atoms with van der Waals surface area (Å²) in [5, 5.41) is 12.3. The van der Waals surface area contributed by atoms with Crippen LogP contribution in [0, 0.1) is 5.82 Å². The number of nitrogen functional groups attached to an aromatic ring is 1. The van der Waals surface area contributed by atoms with E-state index in [-0.39, 0.29) is 11.3 Å². The van der Waals surface area contributed by atoms with Crippen LogP contribution >= 0.6 is 11.6 Å². The van der Waals surface area contributed by atoms with Crippen molar-refractivity contribution in [1.82, 2.24) is 0 Å². The highest BCUT2D eigenvalue weighted by atomic mass is 35.5. The monoisotopic (exact) mass is 280 g/mol. The van der Waals surface area contributed by atoms with Crippen LogP contribution in [0.25, 0.3) is 0 Å². The number of hydrogen-bond donors (Lipinski definition) is 3. The second-order valence-corrected chi connectivity index (χ2v) is 4.20. The summed E-state index contributed by atoms with van der Waals surface area (Å²) in [6, 6.07) is 9.20. The lowest BCUT2D eigenvalue weighted by atomic mass is 10.1. The third-order valence-electron chi connectivity index (χ3n) is 2.55. The molecule has 2 aromatic rings. The first-order valence-electron chi connectivity index (χ1n) is 5.33. The predicted molar refractivity (Wildman–Crippen MR) is 72.5 cm³/mol. The molecule has 0 fully saturated rings. The van der Waals surface area contributed by atoms with E-state index in [4.69, 9.17) is 22.4 Å². The topological polar surface area (TPSA) is 75.3 Å². The van der Waals surface area contributed by atoms with Gasteiger partial charge in [-0.2, -0.15) is 0 Å². The molecule has 0 aliphatic carbocycles. The van der Waals surface area contributed by atoms with Gasteiger partial charge in [-0.15, -0.1) is 0 Å². The van der Waals surface area contributed by atoms with Crippen LogP contribution in [-0.2, 0) is 0 Å². The lowest BCUT2D eigenvalue weighted by Gasteiger charge is -2.13. The first kappa shape index (κ1) is 13.2. The van der Waals surface area contributed by atoms with E-state index in [1.807, 2.05) is 0 Å². The van der Waals surface area contributed by atoms with E-state index in [1.54, 1.807) is 24.3 Å². The van der Waals surface area contributed by atoms with E-state index in [2.05, 4.69) is 5.32 Å². The van der Waals surface area contributed by atoms with Gasteiger partial charge in [0.1, 0.15) is 11.4 Å². The molecule has 0 heterocycles. The number of halogens is 2. The van der Waals surface area contributed by atoms with Crippen LogP contribution in [0.3, 0.4) is 0 Å². The van der Waals surface area contributed by atoms with Crippen LogP contribution in [0.5, 0.6) is 0 Å². The van der Waals surface area contributed by atoms with Gasteiger partial charge in [-0.25, -0.2) is 9.18 Å². The van der Waals surface area contributed by atoms with Crippen LogP contribution in [-0.4, -0.2) is 11.1 Å². The summed E-state index contributed by atoms with van der Waals surface area (Å²) in [4.78, 5) is 11.2. The molecule has 0 aromatic heterocycles. The van der Waals surface area contributed by atoms with Gasteiger partial charge < -0.3 is 16.2 Å². The molecule has 19 heavy (non-hydrogen) atoms. The maximum Gasteiger partial charge on any atom is 0.340 e. The summed E-state index contributed by atoms with van der Waals surface area (Å²) < 4.78 is 13.3. The molecule has 6 heteroatoms. The van der Waals surface area contributed by atoms with Gasteiger partial charge in [0.2, 0.25) is 0 Å². The number of carboxylic acids is 1. The van der Waals surface area contributed by atoms with Gasteiger partial charge in [-0.3, -0.25) is 0 Å². The molecule has 0 aliphatic heterocycles. The van der Waals surface area contributed by atoms with Gasteiger partial charge in [0.25, 0.3) is 0 Å². The second-order valence-electron chi connectivity index (χ2n) is 3.79. The number of nitrogens with one attached hydrogen (secondary N) is 1. The molecule has 0 saturated heterocycles. The number of hydrogen-bond acceptors (Lipinski definition) is 3. The number of carboxylic acid groups (broad SMARTS) is 1. The zero-order valence-corrected chi connectivity index (χ0v) is 10.4. The Morgan fingerprint density at radius 2 is 1.89 bits per heavy atom. The van der Waals surface area contributed by atoms with E-state index >= 15 is 0 Å². The minimum absolute atomic E-state index is 0.180. The molecule has 0 bridgehead atoms. The highest BCUT2D eigenvalue weighted by Crippen LogP contribution is 2.30.